The van der Waals surface area contributed by atoms with Crippen LogP contribution in [0.2, 0.25) is 0 Å². The van der Waals surface area contributed by atoms with E-state index in [1.165, 1.54) is 0 Å². The number of thiol groups is 1. The minimum atomic E-state index is 0.761. The Bertz CT molecular complexity index is 78.4. The van der Waals surface area contributed by atoms with Gasteiger partial charge in [0.05, 0.1) is 0 Å². The van der Waals surface area contributed by atoms with E-state index in [-0.39, 0.29) is 0 Å². The zero-order valence-electron chi connectivity index (χ0n) is 5.81. The molecule has 0 saturated heterocycles. The minimum absolute atomic E-state index is 0.761. The van der Waals surface area contributed by atoms with E-state index in [0.717, 1.165) is 17.2 Å². The molecule has 0 amide bonds. The van der Waals surface area contributed by atoms with E-state index in [1.54, 1.807) is 0 Å². The monoisotopic (exact) mass is 130 g/mol. The van der Waals surface area contributed by atoms with E-state index in [0.29, 0.717) is 0 Å². The molecule has 0 fully saturated rings. The van der Waals surface area contributed by atoms with Crippen LogP contribution >= 0.6 is 12.6 Å². The second-order valence-electron chi connectivity index (χ2n) is 2.48. The molecule has 1 heteroatoms. The predicted octanol–water partition coefficient (Wildman–Crippen LogP) is 2.87. The van der Waals surface area contributed by atoms with Crippen molar-refractivity contribution in [3.8, 4) is 0 Å². The Morgan fingerprint density at radius 2 is 2.12 bits per heavy atom. The lowest BCUT2D eigenvalue weighted by molar-refractivity contribution is 0.663. The Balaban J connectivity index is 3.29. The molecule has 0 nitrogen and oxygen atoms in total. The van der Waals surface area contributed by atoms with Crippen molar-refractivity contribution >= 4 is 12.6 Å². The van der Waals surface area contributed by atoms with Crippen LogP contribution in [0.3, 0.4) is 0 Å². The largest absolute Gasteiger partial charge is 0.149 e. The summed E-state index contributed by atoms with van der Waals surface area (Å²) in [6, 6.07) is 0. The first kappa shape index (κ1) is 8.09. The molecule has 0 aromatic rings. The standard InChI is InChI=1S/C7H14S/c1-6(2)4-5-7(3)8/h5-6,8H,4H2,1-3H3/b7-5+. The molecular weight excluding hydrogens is 116 g/mol. The molecule has 48 valence electrons. The second kappa shape index (κ2) is 4.02. The topological polar surface area (TPSA) is 0 Å². The highest BCUT2D eigenvalue weighted by Gasteiger charge is 1.87. The van der Waals surface area contributed by atoms with Gasteiger partial charge in [0.2, 0.25) is 0 Å². The summed E-state index contributed by atoms with van der Waals surface area (Å²) in [4.78, 5) is 1.12. The molecule has 0 aromatic heterocycles. The summed E-state index contributed by atoms with van der Waals surface area (Å²) in [7, 11) is 0. The van der Waals surface area contributed by atoms with E-state index in [9.17, 15) is 0 Å². The highest BCUT2D eigenvalue weighted by molar-refractivity contribution is 7.84. The normalized spacial score (nSPS) is 12.9. The van der Waals surface area contributed by atoms with Crippen molar-refractivity contribution < 1.29 is 0 Å². The van der Waals surface area contributed by atoms with Crippen LogP contribution in [0.4, 0.5) is 0 Å². The smallest absolute Gasteiger partial charge is 0.0255 e. The summed E-state index contributed by atoms with van der Waals surface area (Å²) in [5, 5.41) is 0. The van der Waals surface area contributed by atoms with Crippen molar-refractivity contribution in [2.75, 3.05) is 0 Å². The summed E-state index contributed by atoms with van der Waals surface area (Å²) in [6.07, 6.45) is 3.29. The molecule has 8 heavy (non-hydrogen) atoms. The number of hydrogen-bond donors (Lipinski definition) is 1. The van der Waals surface area contributed by atoms with Crippen molar-refractivity contribution in [2.45, 2.75) is 27.2 Å². The molecule has 0 bridgehead atoms. The molecule has 0 heterocycles. The fourth-order valence-corrected chi connectivity index (χ4v) is 0.512. The van der Waals surface area contributed by atoms with Gasteiger partial charge in [-0.1, -0.05) is 19.9 Å². The van der Waals surface area contributed by atoms with Crippen LogP contribution in [-0.4, -0.2) is 0 Å². The summed E-state index contributed by atoms with van der Waals surface area (Å²) >= 11 is 4.13. The predicted molar refractivity (Wildman–Crippen MR) is 42.2 cm³/mol. The Hall–Kier alpha value is 0.0900. The summed E-state index contributed by atoms with van der Waals surface area (Å²) in [5.74, 6) is 0.761. The SMILES string of the molecule is C/C(S)=C\CC(C)C. The van der Waals surface area contributed by atoms with Gasteiger partial charge in [-0.2, -0.15) is 0 Å². The van der Waals surface area contributed by atoms with Gasteiger partial charge in [0.25, 0.3) is 0 Å². The minimum Gasteiger partial charge on any atom is -0.149 e. The highest BCUT2D eigenvalue weighted by Crippen LogP contribution is 2.05. The van der Waals surface area contributed by atoms with Gasteiger partial charge >= 0.3 is 0 Å². The molecule has 0 saturated carbocycles. The molecule has 0 radical (unpaired) electrons. The van der Waals surface area contributed by atoms with E-state index >= 15 is 0 Å². The quantitative estimate of drug-likeness (QED) is 0.546. The lowest BCUT2D eigenvalue weighted by atomic mass is 10.1. The van der Waals surface area contributed by atoms with E-state index in [1.807, 2.05) is 6.92 Å². The third-order valence-electron chi connectivity index (χ3n) is 0.885. The second-order valence-corrected chi connectivity index (χ2v) is 3.18. The first-order valence-electron chi connectivity index (χ1n) is 2.98. The molecule has 0 rings (SSSR count). The van der Waals surface area contributed by atoms with Gasteiger partial charge in [0, 0.05) is 0 Å². The van der Waals surface area contributed by atoms with Crippen molar-refractivity contribution in [1.29, 1.82) is 0 Å². The van der Waals surface area contributed by atoms with Gasteiger partial charge in [-0.05, 0) is 24.2 Å². The maximum atomic E-state index is 4.13. The summed E-state index contributed by atoms with van der Waals surface area (Å²) < 4.78 is 0. The van der Waals surface area contributed by atoms with E-state index in [2.05, 4.69) is 32.6 Å². The molecular formula is C7H14S. The lowest BCUT2D eigenvalue weighted by Gasteiger charge is -1.96. The molecule has 0 spiro atoms. The molecule has 0 atom stereocenters. The molecule has 0 N–H and O–H groups in total. The zero-order chi connectivity index (χ0) is 6.57. The highest BCUT2D eigenvalue weighted by atomic mass is 32.1. The maximum absolute atomic E-state index is 4.13. The fraction of sp³-hybridized carbons (Fsp3) is 0.714. The lowest BCUT2D eigenvalue weighted by Crippen LogP contribution is -1.81. The van der Waals surface area contributed by atoms with Crippen molar-refractivity contribution in [3.63, 3.8) is 0 Å². The van der Waals surface area contributed by atoms with Gasteiger partial charge in [-0.15, -0.1) is 12.6 Å². The number of allylic oxidation sites excluding steroid dienone is 2. The molecule has 0 aliphatic carbocycles. The first-order valence-corrected chi connectivity index (χ1v) is 3.43. The number of hydrogen-bond acceptors (Lipinski definition) is 1. The van der Waals surface area contributed by atoms with Crippen LogP contribution in [0.25, 0.3) is 0 Å². The van der Waals surface area contributed by atoms with Crippen LogP contribution in [0, 0.1) is 5.92 Å². The van der Waals surface area contributed by atoms with E-state index < -0.39 is 0 Å². The first-order chi connectivity index (χ1) is 3.63. The summed E-state index contributed by atoms with van der Waals surface area (Å²) in [5.41, 5.74) is 0. The van der Waals surface area contributed by atoms with Crippen molar-refractivity contribution in [1.82, 2.24) is 0 Å². The van der Waals surface area contributed by atoms with E-state index in [4.69, 9.17) is 0 Å². The fourth-order valence-electron chi connectivity index (χ4n) is 0.406. The van der Waals surface area contributed by atoms with Crippen LogP contribution in [0.15, 0.2) is 11.0 Å². The molecule has 0 unspecified atom stereocenters. The van der Waals surface area contributed by atoms with Gasteiger partial charge < -0.3 is 0 Å². The van der Waals surface area contributed by atoms with Crippen LogP contribution in [-0.2, 0) is 0 Å². The Kier molecular flexibility index (Phi) is 4.06. The van der Waals surface area contributed by atoms with Gasteiger partial charge in [0.1, 0.15) is 0 Å². The van der Waals surface area contributed by atoms with Gasteiger partial charge in [0.15, 0.2) is 0 Å². The van der Waals surface area contributed by atoms with Crippen molar-refractivity contribution in [2.24, 2.45) is 5.92 Å². The third kappa shape index (κ3) is 6.09. The zero-order valence-corrected chi connectivity index (χ0v) is 6.70. The molecule has 0 aliphatic heterocycles. The number of rotatable bonds is 2. The van der Waals surface area contributed by atoms with Crippen LogP contribution < -0.4 is 0 Å². The van der Waals surface area contributed by atoms with Gasteiger partial charge in [-0.3, -0.25) is 0 Å². The maximum Gasteiger partial charge on any atom is -0.0255 e. The van der Waals surface area contributed by atoms with Crippen LogP contribution in [0.5, 0.6) is 0 Å². The Morgan fingerprint density at radius 3 is 2.25 bits per heavy atom. The third-order valence-corrected chi connectivity index (χ3v) is 1.07. The Morgan fingerprint density at radius 1 is 1.62 bits per heavy atom. The summed E-state index contributed by atoms with van der Waals surface area (Å²) in [6.45, 7) is 6.41. The molecule has 0 aliphatic rings. The average Bonchev–Trinajstić information content (AvgIpc) is 1.61. The van der Waals surface area contributed by atoms with Crippen molar-refractivity contribution in [3.05, 3.63) is 11.0 Å². The van der Waals surface area contributed by atoms with Crippen LogP contribution in [0.1, 0.15) is 27.2 Å². The van der Waals surface area contributed by atoms with Gasteiger partial charge in [-0.25, -0.2) is 0 Å². The average molecular weight is 130 g/mol. The Labute approximate surface area is 57.4 Å². The molecule has 0 aromatic carbocycles.